The molecule has 4 nitrogen and oxygen atoms in total. The lowest BCUT2D eigenvalue weighted by Gasteiger charge is -2.15. The third kappa shape index (κ3) is 3.30. The average Bonchev–Trinajstić information content (AvgIpc) is 2.58. The van der Waals surface area contributed by atoms with Gasteiger partial charge in [0, 0.05) is 6.54 Å². The summed E-state index contributed by atoms with van der Waals surface area (Å²) in [6.07, 6.45) is 2.35. The van der Waals surface area contributed by atoms with Gasteiger partial charge in [0.15, 0.2) is 0 Å². The normalized spacial score (nSPS) is 19.5. The number of nitrogens with one attached hydrogen (secondary N) is 2. The van der Waals surface area contributed by atoms with Crippen molar-refractivity contribution in [1.29, 1.82) is 0 Å². The molecule has 1 aromatic carbocycles. The van der Waals surface area contributed by atoms with Crippen LogP contribution < -0.4 is 10.6 Å². The van der Waals surface area contributed by atoms with Crippen LogP contribution in [0.4, 0.5) is 4.39 Å². The summed E-state index contributed by atoms with van der Waals surface area (Å²) in [5.74, 6) is -1.31. The van der Waals surface area contributed by atoms with Crippen LogP contribution in [0.3, 0.4) is 0 Å². The smallest absolute Gasteiger partial charge is 0.254 e. The lowest BCUT2D eigenvalue weighted by atomic mass is 10.1. The molecule has 0 spiro atoms. The molecule has 0 aliphatic carbocycles. The predicted molar refractivity (Wildman–Crippen MR) is 69.3 cm³/mol. The molecule has 0 radical (unpaired) electrons. The Balaban J connectivity index is 2.11. The van der Waals surface area contributed by atoms with Crippen LogP contribution >= 0.6 is 0 Å². The van der Waals surface area contributed by atoms with Crippen LogP contribution in [-0.4, -0.2) is 24.4 Å². The van der Waals surface area contributed by atoms with Crippen molar-refractivity contribution in [3.05, 3.63) is 35.1 Å². The Bertz CT molecular complexity index is 502. The van der Waals surface area contributed by atoms with Crippen LogP contribution in [-0.2, 0) is 4.79 Å². The van der Waals surface area contributed by atoms with E-state index in [1.54, 1.807) is 13.0 Å². The molecular formula is C14H17FN2O2. The fourth-order valence-corrected chi connectivity index (χ4v) is 2.13. The summed E-state index contributed by atoms with van der Waals surface area (Å²) >= 11 is 0. The molecule has 0 bridgehead atoms. The summed E-state index contributed by atoms with van der Waals surface area (Å²) in [6.45, 7) is 2.42. The number of halogens is 1. The first kappa shape index (κ1) is 13.5. The monoisotopic (exact) mass is 264 g/mol. The van der Waals surface area contributed by atoms with E-state index in [4.69, 9.17) is 0 Å². The second-order valence-electron chi connectivity index (χ2n) is 4.80. The molecule has 1 aliphatic rings. The molecule has 2 amide bonds. The Hall–Kier alpha value is -1.91. The van der Waals surface area contributed by atoms with Gasteiger partial charge in [-0.3, -0.25) is 9.59 Å². The highest BCUT2D eigenvalue weighted by molar-refractivity contribution is 5.97. The number of amides is 2. The first-order valence-electron chi connectivity index (χ1n) is 6.42. The highest BCUT2D eigenvalue weighted by atomic mass is 19.1. The van der Waals surface area contributed by atoms with E-state index >= 15 is 0 Å². The zero-order chi connectivity index (χ0) is 13.8. The molecule has 19 heavy (non-hydrogen) atoms. The van der Waals surface area contributed by atoms with Gasteiger partial charge in [-0.15, -0.1) is 0 Å². The fourth-order valence-electron chi connectivity index (χ4n) is 2.13. The first-order valence-corrected chi connectivity index (χ1v) is 6.42. The molecular weight excluding hydrogens is 247 g/mol. The van der Waals surface area contributed by atoms with Gasteiger partial charge in [0.25, 0.3) is 5.91 Å². The Morgan fingerprint density at radius 2 is 2.21 bits per heavy atom. The van der Waals surface area contributed by atoms with Crippen LogP contribution in [0.15, 0.2) is 18.2 Å². The fraction of sp³-hybridized carbons (Fsp3) is 0.429. The molecule has 102 valence electrons. The van der Waals surface area contributed by atoms with Gasteiger partial charge in [-0.05, 0) is 38.3 Å². The highest BCUT2D eigenvalue weighted by Crippen LogP contribution is 2.12. The highest BCUT2D eigenvalue weighted by Gasteiger charge is 2.23. The molecule has 5 heteroatoms. The predicted octanol–water partition coefficient (Wildman–Crippen LogP) is 1.53. The van der Waals surface area contributed by atoms with Crippen molar-refractivity contribution >= 4 is 11.8 Å². The molecule has 1 fully saturated rings. The minimum Gasteiger partial charge on any atom is -0.354 e. The number of benzene rings is 1. The van der Waals surface area contributed by atoms with Gasteiger partial charge in [0.05, 0.1) is 5.56 Å². The Morgan fingerprint density at radius 1 is 1.42 bits per heavy atom. The number of hydrogen-bond donors (Lipinski definition) is 2. The number of carbonyl (C=O) groups is 2. The lowest BCUT2D eigenvalue weighted by molar-refractivity contribution is -0.122. The quantitative estimate of drug-likeness (QED) is 0.851. The molecule has 2 rings (SSSR count). The van der Waals surface area contributed by atoms with Crippen molar-refractivity contribution in [2.24, 2.45) is 0 Å². The van der Waals surface area contributed by atoms with Gasteiger partial charge >= 0.3 is 0 Å². The van der Waals surface area contributed by atoms with Crippen molar-refractivity contribution < 1.29 is 14.0 Å². The number of carbonyl (C=O) groups excluding carboxylic acids is 2. The van der Waals surface area contributed by atoms with Gasteiger partial charge in [-0.25, -0.2) is 4.39 Å². The van der Waals surface area contributed by atoms with E-state index in [0.29, 0.717) is 13.0 Å². The topological polar surface area (TPSA) is 58.2 Å². The van der Waals surface area contributed by atoms with Crippen LogP contribution in [0, 0.1) is 12.7 Å². The zero-order valence-corrected chi connectivity index (χ0v) is 10.8. The van der Waals surface area contributed by atoms with Crippen molar-refractivity contribution in [1.82, 2.24) is 10.6 Å². The van der Waals surface area contributed by atoms with Crippen molar-refractivity contribution in [2.75, 3.05) is 6.54 Å². The molecule has 1 heterocycles. The molecule has 0 aromatic heterocycles. The van der Waals surface area contributed by atoms with Crippen LogP contribution in [0.2, 0.25) is 0 Å². The van der Waals surface area contributed by atoms with Gasteiger partial charge < -0.3 is 10.6 Å². The van der Waals surface area contributed by atoms with Crippen LogP contribution in [0.5, 0.6) is 0 Å². The maximum absolute atomic E-state index is 13.6. The second-order valence-corrected chi connectivity index (χ2v) is 4.80. The summed E-state index contributed by atoms with van der Waals surface area (Å²) in [7, 11) is 0. The maximum atomic E-state index is 13.6. The molecule has 1 saturated heterocycles. The molecule has 1 aliphatic heterocycles. The summed E-state index contributed by atoms with van der Waals surface area (Å²) in [6, 6.07) is 3.77. The van der Waals surface area contributed by atoms with Crippen molar-refractivity contribution in [3.63, 3.8) is 0 Å². The van der Waals surface area contributed by atoms with E-state index in [2.05, 4.69) is 10.6 Å². The van der Waals surface area contributed by atoms with E-state index in [1.165, 1.54) is 12.1 Å². The lowest BCUT2D eigenvalue weighted by Crippen LogP contribution is -2.45. The summed E-state index contributed by atoms with van der Waals surface area (Å²) in [4.78, 5) is 23.7. The summed E-state index contributed by atoms with van der Waals surface area (Å²) in [5, 5.41) is 5.33. The van der Waals surface area contributed by atoms with Gasteiger partial charge in [-0.2, -0.15) is 0 Å². The van der Waals surface area contributed by atoms with E-state index in [-0.39, 0.29) is 11.5 Å². The number of rotatable bonds is 2. The summed E-state index contributed by atoms with van der Waals surface area (Å²) in [5.41, 5.74) is 0.786. The van der Waals surface area contributed by atoms with E-state index in [9.17, 15) is 14.0 Å². The summed E-state index contributed by atoms with van der Waals surface area (Å²) < 4.78 is 13.6. The Kier molecular flexibility index (Phi) is 4.14. The van der Waals surface area contributed by atoms with Gasteiger partial charge in [0.1, 0.15) is 11.9 Å². The van der Waals surface area contributed by atoms with E-state index in [0.717, 1.165) is 18.4 Å². The molecule has 2 N–H and O–H groups in total. The maximum Gasteiger partial charge on any atom is 0.254 e. The molecule has 1 unspecified atom stereocenters. The van der Waals surface area contributed by atoms with Crippen molar-refractivity contribution in [2.45, 2.75) is 32.2 Å². The van der Waals surface area contributed by atoms with E-state index < -0.39 is 17.8 Å². The number of aryl methyl sites for hydroxylation is 1. The standard InChI is InChI=1S/C14H17FN2O2/c1-9-5-6-11(15)10(8-9)13(18)17-12-4-2-3-7-16-14(12)19/h5-6,8,12H,2-4,7H2,1H3,(H,16,19)(H,17,18). The molecule has 0 saturated carbocycles. The third-order valence-corrected chi connectivity index (χ3v) is 3.21. The minimum atomic E-state index is -0.574. The van der Waals surface area contributed by atoms with E-state index in [1.807, 2.05) is 0 Å². The minimum absolute atomic E-state index is 0.0166. The molecule has 1 aromatic rings. The second kappa shape index (κ2) is 5.82. The Morgan fingerprint density at radius 3 is 3.00 bits per heavy atom. The molecule has 1 atom stereocenters. The zero-order valence-electron chi connectivity index (χ0n) is 10.8. The third-order valence-electron chi connectivity index (χ3n) is 3.21. The Labute approximate surface area is 111 Å². The van der Waals surface area contributed by atoms with Gasteiger partial charge in [-0.1, -0.05) is 11.6 Å². The van der Waals surface area contributed by atoms with Crippen LogP contribution in [0.25, 0.3) is 0 Å². The average molecular weight is 264 g/mol. The SMILES string of the molecule is Cc1ccc(F)c(C(=O)NC2CCCCNC2=O)c1. The van der Waals surface area contributed by atoms with Gasteiger partial charge in [0.2, 0.25) is 5.91 Å². The first-order chi connectivity index (χ1) is 9.08. The number of hydrogen-bond acceptors (Lipinski definition) is 2. The largest absolute Gasteiger partial charge is 0.354 e. The van der Waals surface area contributed by atoms with Crippen molar-refractivity contribution in [3.8, 4) is 0 Å². The van der Waals surface area contributed by atoms with Crippen LogP contribution in [0.1, 0.15) is 35.2 Å².